The summed E-state index contributed by atoms with van der Waals surface area (Å²) in [6, 6.07) is 14.3. The molecule has 0 aliphatic rings. The van der Waals surface area contributed by atoms with Crippen LogP contribution in [-0.2, 0) is 13.0 Å². The van der Waals surface area contributed by atoms with Gasteiger partial charge in [-0.25, -0.2) is 4.79 Å². The molecule has 2 aromatic carbocycles. The predicted octanol–water partition coefficient (Wildman–Crippen LogP) is 4.55. The van der Waals surface area contributed by atoms with Crippen LogP contribution in [0.4, 0.5) is 0 Å². The molecular formula is C23H25NO4. The molecule has 1 aromatic heterocycles. The standard InChI is InChI=1S/C23H25NO4/c1-2-3-4-8-11-17-12-18-13-19(23(27)28-21(18)14-20(17)25)22(26)24-15-16-9-6-5-7-10-16/h5-7,9-10,12-14,25H,2-4,8,11,15H2,1H3,(H,24,26). The Labute approximate surface area is 164 Å². The van der Waals surface area contributed by atoms with Crippen LogP contribution in [0.3, 0.4) is 0 Å². The van der Waals surface area contributed by atoms with Crippen molar-refractivity contribution in [3.63, 3.8) is 0 Å². The summed E-state index contributed by atoms with van der Waals surface area (Å²) in [5, 5.41) is 13.6. The second-order valence-electron chi connectivity index (χ2n) is 6.95. The summed E-state index contributed by atoms with van der Waals surface area (Å²) in [5.74, 6) is -0.356. The minimum absolute atomic E-state index is 0.0361. The van der Waals surface area contributed by atoms with Crippen molar-refractivity contribution >= 4 is 16.9 Å². The smallest absolute Gasteiger partial charge is 0.349 e. The summed E-state index contributed by atoms with van der Waals surface area (Å²) < 4.78 is 5.27. The minimum Gasteiger partial charge on any atom is -0.508 e. The van der Waals surface area contributed by atoms with E-state index in [-0.39, 0.29) is 16.9 Å². The van der Waals surface area contributed by atoms with Crippen LogP contribution in [0.5, 0.6) is 5.75 Å². The van der Waals surface area contributed by atoms with E-state index in [1.807, 2.05) is 30.3 Å². The summed E-state index contributed by atoms with van der Waals surface area (Å²) in [4.78, 5) is 24.7. The number of amides is 1. The molecule has 0 fully saturated rings. The predicted molar refractivity (Wildman–Crippen MR) is 110 cm³/mol. The van der Waals surface area contributed by atoms with E-state index in [0.29, 0.717) is 11.9 Å². The maximum absolute atomic E-state index is 12.5. The van der Waals surface area contributed by atoms with Gasteiger partial charge in [0, 0.05) is 18.0 Å². The van der Waals surface area contributed by atoms with Crippen LogP contribution in [0, 0.1) is 0 Å². The first-order chi connectivity index (χ1) is 13.6. The fourth-order valence-electron chi connectivity index (χ4n) is 3.18. The van der Waals surface area contributed by atoms with Gasteiger partial charge in [0.25, 0.3) is 5.91 Å². The van der Waals surface area contributed by atoms with Crippen molar-refractivity contribution in [2.24, 2.45) is 0 Å². The monoisotopic (exact) mass is 379 g/mol. The average Bonchev–Trinajstić information content (AvgIpc) is 2.70. The second-order valence-corrected chi connectivity index (χ2v) is 6.95. The highest BCUT2D eigenvalue weighted by Crippen LogP contribution is 2.26. The number of nitrogens with one attached hydrogen (secondary N) is 1. The Balaban J connectivity index is 1.80. The van der Waals surface area contributed by atoms with Crippen LogP contribution in [0.1, 0.15) is 54.1 Å². The first kappa shape index (κ1) is 19.7. The molecule has 5 nitrogen and oxygen atoms in total. The number of rotatable bonds is 8. The van der Waals surface area contributed by atoms with Crippen LogP contribution >= 0.6 is 0 Å². The SMILES string of the molecule is CCCCCCc1cc2cc(C(=O)NCc3ccccc3)c(=O)oc2cc1O. The van der Waals surface area contributed by atoms with Crippen molar-refractivity contribution in [1.29, 1.82) is 0 Å². The molecule has 3 aromatic rings. The number of aromatic hydroxyl groups is 1. The zero-order valence-corrected chi connectivity index (χ0v) is 16.0. The summed E-state index contributed by atoms with van der Waals surface area (Å²) >= 11 is 0. The Hall–Kier alpha value is -3.08. The first-order valence-corrected chi connectivity index (χ1v) is 9.70. The first-order valence-electron chi connectivity index (χ1n) is 9.70. The fraction of sp³-hybridized carbons (Fsp3) is 0.304. The van der Waals surface area contributed by atoms with E-state index in [4.69, 9.17) is 4.42 Å². The van der Waals surface area contributed by atoms with Gasteiger partial charge < -0.3 is 14.8 Å². The maximum Gasteiger partial charge on any atom is 0.349 e. The van der Waals surface area contributed by atoms with Gasteiger partial charge in [0.15, 0.2) is 0 Å². The third-order valence-electron chi connectivity index (χ3n) is 4.77. The van der Waals surface area contributed by atoms with Crippen LogP contribution in [-0.4, -0.2) is 11.0 Å². The Morgan fingerprint density at radius 1 is 1.07 bits per heavy atom. The highest BCUT2D eigenvalue weighted by molar-refractivity contribution is 5.96. The lowest BCUT2D eigenvalue weighted by Gasteiger charge is -2.08. The largest absolute Gasteiger partial charge is 0.508 e. The van der Waals surface area contributed by atoms with E-state index >= 15 is 0 Å². The van der Waals surface area contributed by atoms with Gasteiger partial charge in [0.05, 0.1) is 0 Å². The van der Waals surface area contributed by atoms with Gasteiger partial charge in [-0.3, -0.25) is 4.79 Å². The number of hydrogen-bond acceptors (Lipinski definition) is 4. The molecule has 0 unspecified atom stereocenters. The molecule has 2 N–H and O–H groups in total. The molecule has 3 rings (SSSR count). The topological polar surface area (TPSA) is 79.5 Å². The number of fused-ring (bicyclic) bond motifs is 1. The van der Waals surface area contributed by atoms with Gasteiger partial charge in [0.2, 0.25) is 0 Å². The second kappa shape index (κ2) is 9.22. The van der Waals surface area contributed by atoms with Crippen molar-refractivity contribution in [1.82, 2.24) is 5.32 Å². The lowest BCUT2D eigenvalue weighted by Crippen LogP contribution is -2.27. The lowest BCUT2D eigenvalue weighted by atomic mass is 10.0. The summed E-state index contributed by atoms with van der Waals surface area (Å²) in [7, 11) is 0. The number of unbranched alkanes of at least 4 members (excludes halogenated alkanes) is 3. The maximum atomic E-state index is 12.5. The molecule has 0 radical (unpaired) electrons. The fourth-order valence-corrected chi connectivity index (χ4v) is 3.18. The normalized spacial score (nSPS) is 10.9. The van der Waals surface area contributed by atoms with Gasteiger partial charge in [-0.2, -0.15) is 0 Å². The number of carbonyl (C=O) groups is 1. The molecule has 0 saturated heterocycles. The molecule has 28 heavy (non-hydrogen) atoms. The molecule has 0 bridgehead atoms. The molecule has 0 spiro atoms. The number of hydrogen-bond donors (Lipinski definition) is 2. The van der Waals surface area contributed by atoms with E-state index < -0.39 is 11.5 Å². The van der Waals surface area contributed by atoms with Crippen LogP contribution < -0.4 is 10.9 Å². The Bertz CT molecular complexity index is 1010. The van der Waals surface area contributed by atoms with E-state index in [1.54, 1.807) is 6.07 Å². The van der Waals surface area contributed by atoms with E-state index in [9.17, 15) is 14.7 Å². The van der Waals surface area contributed by atoms with Crippen molar-refractivity contribution in [2.45, 2.75) is 45.6 Å². The molecule has 0 atom stereocenters. The number of aryl methyl sites for hydroxylation is 1. The Morgan fingerprint density at radius 3 is 2.61 bits per heavy atom. The van der Waals surface area contributed by atoms with Crippen molar-refractivity contribution in [3.05, 3.63) is 75.6 Å². The lowest BCUT2D eigenvalue weighted by molar-refractivity contribution is 0.0947. The van der Waals surface area contributed by atoms with Crippen molar-refractivity contribution in [2.75, 3.05) is 0 Å². The van der Waals surface area contributed by atoms with Crippen molar-refractivity contribution < 1.29 is 14.3 Å². The van der Waals surface area contributed by atoms with E-state index in [2.05, 4.69) is 12.2 Å². The van der Waals surface area contributed by atoms with Gasteiger partial charge in [0.1, 0.15) is 16.9 Å². The number of phenolic OH excluding ortho intramolecular Hbond substituents is 1. The quantitative estimate of drug-likeness (QED) is 0.444. The van der Waals surface area contributed by atoms with Crippen LogP contribution in [0.2, 0.25) is 0 Å². The third kappa shape index (κ3) is 4.80. The molecule has 0 aliphatic carbocycles. The molecule has 1 heterocycles. The van der Waals surface area contributed by atoms with Crippen molar-refractivity contribution in [3.8, 4) is 5.75 Å². The highest BCUT2D eigenvalue weighted by atomic mass is 16.4. The van der Waals surface area contributed by atoms with Gasteiger partial charge in [-0.05, 0) is 36.1 Å². The molecule has 1 amide bonds. The summed E-state index contributed by atoms with van der Waals surface area (Å²) in [5.41, 5.74) is 1.27. The van der Waals surface area contributed by atoms with Crippen LogP contribution in [0.15, 0.2) is 57.7 Å². The molecule has 0 aliphatic heterocycles. The summed E-state index contributed by atoms with van der Waals surface area (Å²) in [6.45, 7) is 2.48. The summed E-state index contributed by atoms with van der Waals surface area (Å²) in [6.07, 6.45) is 5.14. The van der Waals surface area contributed by atoms with E-state index in [0.717, 1.165) is 43.2 Å². The Morgan fingerprint density at radius 2 is 1.86 bits per heavy atom. The van der Waals surface area contributed by atoms with Gasteiger partial charge in [-0.15, -0.1) is 0 Å². The molecule has 5 heteroatoms. The zero-order valence-electron chi connectivity index (χ0n) is 16.0. The van der Waals surface area contributed by atoms with Gasteiger partial charge >= 0.3 is 5.63 Å². The zero-order chi connectivity index (χ0) is 19.9. The number of carbonyl (C=O) groups excluding carboxylic acids is 1. The number of phenols is 1. The minimum atomic E-state index is -0.715. The Kier molecular flexibility index (Phi) is 6.48. The molecular weight excluding hydrogens is 354 g/mol. The van der Waals surface area contributed by atoms with Crippen LogP contribution in [0.25, 0.3) is 11.0 Å². The molecule has 0 saturated carbocycles. The van der Waals surface area contributed by atoms with Gasteiger partial charge in [-0.1, -0.05) is 56.5 Å². The van der Waals surface area contributed by atoms with E-state index in [1.165, 1.54) is 12.1 Å². The third-order valence-corrected chi connectivity index (χ3v) is 4.77. The average molecular weight is 379 g/mol. The highest BCUT2D eigenvalue weighted by Gasteiger charge is 2.15. The molecule has 146 valence electrons. The number of benzene rings is 2.